The van der Waals surface area contributed by atoms with Crippen molar-refractivity contribution < 1.29 is 4.74 Å². The zero-order valence-corrected chi connectivity index (χ0v) is 13.0. The first-order valence-electron chi connectivity index (χ1n) is 6.77. The molecule has 2 heterocycles. The maximum atomic E-state index is 6.34. The van der Waals surface area contributed by atoms with Gasteiger partial charge in [-0.1, -0.05) is 11.6 Å². The Morgan fingerprint density at radius 1 is 1.33 bits per heavy atom. The van der Waals surface area contributed by atoms with E-state index in [9.17, 15) is 0 Å². The molecule has 0 aliphatic heterocycles. The standard InChI is InChI=1S/C16H12ClN2OS/c1-20-13-7-5-10-4-6-11(18-15(10)14(13)17)16-19-12(8-21-16)9-2-3-9/h5-9H,2-3H2,1H3. The molecule has 0 N–H and O–H groups in total. The summed E-state index contributed by atoms with van der Waals surface area (Å²) in [7, 11) is 1.60. The second-order valence-electron chi connectivity index (χ2n) is 5.12. The second-order valence-corrected chi connectivity index (χ2v) is 6.35. The minimum Gasteiger partial charge on any atom is -0.495 e. The normalized spacial score (nSPS) is 14.6. The van der Waals surface area contributed by atoms with Crippen LogP contribution in [0.2, 0.25) is 5.02 Å². The molecular weight excluding hydrogens is 304 g/mol. The molecule has 0 bridgehead atoms. The van der Waals surface area contributed by atoms with Crippen molar-refractivity contribution in [3.05, 3.63) is 40.4 Å². The fraction of sp³-hybridized carbons (Fsp3) is 0.250. The summed E-state index contributed by atoms with van der Waals surface area (Å²) in [6.07, 6.45) is 2.51. The summed E-state index contributed by atoms with van der Waals surface area (Å²) in [6, 6.07) is 8.85. The number of aromatic nitrogens is 2. The molecule has 0 saturated heterocycles. The Labute approximate surface area is 131 Å². The van der Waals surface area contributed by atoms with E-state index in [0.29, 0.717) is 22.2 Å². The van der Waals surface area contributed by atoms with Crippen LogP contribution in [0.4, 0.5) is 0 Å². The number of thiazole rings is 1. The minimum absolute atomic E-state index is 0.520. The summed E-state index contributed by atoms with van der Waals surface area (Å²) >= 11 is 7.97. The van der Waals surface area contributed by atoms with Gasteiger partial charge in [-0.25, -0.2) is 9.97 Å². The lowest BCUT2D eigenvalue weighted by atomic mass is 10.2. The van der Waals surface area contributed by atoms with Gasteiger partial charge in [0.25, 0.3) is 0 Å². The van der Waals surface area contributed by atoms with Gasteiger partial charge in [-0.15, -0.1) is 11.3 Å². The summed E-state index contributed by atoms with van der Waals surface area (Å²) in [5.74, 6) is 1.28. The molecule has 1 aliphatic carbocycles. The van der Waals surface area contributed by atoms with Crippen LogP contribution in [-0.2, 0) is 0 Å². The smallest absolute Gasteiger partial charge is 0.142 e. The lowest BCUT2D eigenvalue weighted by Gasteiger charge is -2.06. The van der Waals surface area contributed by atoms with Gasteiger partial charge in [-0.05, 0) is 37.1 Å². The number of benzene rings is 1. The van der Waals surface area contributed by atoms with Crippen LogP contribution >= 0.6 is 22.9 Å². The Balaban J connectivity index is 1.82. The highest BCUT2D eigenvalue weighted by Crippen LogP contribution is 2.41. The van der Waals surface area contributed by atoms with Crippen molar-refractivity contribution in [1.82, 2.24) is 9.97 Å². The average Bonchev–Trinajstić information content (AvgIpc) is 3.25. The van der Waals surface area contributed by atoms with E-state index in [-0.39, 0.29) is 0 Å². The third-order valence-electron chi connectivity index (χ3n) is 3.63. The second kappa shape index (κ2) is 4.97. The molecule has 3 nitrogen and oxygen atoms in total. The van der Waals surface area contributed by atoms with Crippen LogP contribution in [0.25, 0.3) is 21.6 Å². The highest BCUT2D eigenvalue weighted by Gasteiger charge is 2.26. The third-order valence-corrected chi connectivity index (χ3v) is 4.88. The van der Waals surface area contributed by atoms with E-state index in [1.54, 1.807) is 18.4 Å². The maximum Gasteiger partial charge on any atom is 0.142 e. The number of halogens is 1. The van der Waals surface area contributed by atoms with Gasteiger partial charge < -0.3 is 4.74 Å². The van der Waals surface area contributed by atoms with Crippen LogP contribution < -0.4 is 4.74 Å². The number of fused-ring (bicyclic) bond motifs is 1. The predicted octanol–water partition coefficient (Wildman–Crippen LogP) is 4.70. The summed E-state index contributed by atoms with van der Waals surface area (Å²) < 4.78 is 5.24. The molecule has 5 heteroatoms. The summed E-state index contributed by atoms with van der Waals surface area (Å²) in [5.41, 5.74) is 2.71. The largest absolute Gasteiger partial charge is 0.495 e. The van der Waals surface area contributed by atoms with E-state index in [2.05, 4.69) is 21.4 Å². The monoisotopic (exact) mass is 315 g/mol. The molecule has 4 rings (SSSR count). The van der Waals surface area contributed by atoms with Gasteiger partial charge >= 0.3 is 0 Å². The Hall–Kier alpha value is -1.65. The van der Waals surface area contributed by atoms with Crippen LogP contribution in [0.15, 0.2) is 23.6 Å². The summed E-state index contributed by atoms with van der Waals surface area (Å²) in [6.45, 7) is 0. The van der Waals surface area contributed by atoms with Crippen LogP contribution in [-0.4, -0.2) is 17.1 Å². The number of nitrogens with zero attached hydrogens (tertiary/aromatic N) is 2. The Morgan fingerprint density at radius 3 is 2.95 bits per heavy atom. The molecule has 1 fully saturated rings. The molecule has 0 amide bonds. The number of hydrogen-bond acceptors (Lipinski definition) is 4. The Bertz CT molecular complexity index is 826. The van der Waals surface area contributed by atoms with Gasteiger partial charge in [0, 0.05) is 16.7 Å². The number of ether oxygens (including phenoxy) is 1. The molecule has 1 aromatic carbocycles. The number of hydrogen-bond donors (Lipinski definition) is 0. The Kier molecular flexibility index (Phi) is 3.08. The van der Waals surface area contributed by atoms with E-state index in [1.807, 2.05) is 18.2 Å². The van der Waals surface area contributed by atoms with E-state index < -0.39 is 0 Å². The van der Waals surface area contributed by atoms with Crippen LogP contribution in [0, 0.1) is 6.07 Å². The number of pyridine rings is 1. The molecule has 1 saturated carbocycles. The van der Waals surface area contributed by atoms with Crippen LogP contribution in [0.3, 0.4) is 0 Å². The lowest BCUT2D eigenvalue weighted by molar-refractivity contribution is 0.415. The SMILES string of the molecule is COc1ccc2[c]cc(-c3nc(C4CC4)cs3)nc2c1Cl. The van der Waals surface area contributed by atoms with Crippen molar-refractivity contribution in [2.45, 2.75) is 18.8 Å². The van der Waals surface area contributed by atoms with E-state index in [4.69, 9.17) is 16.3 Å². The molecule has 1 aliphatic rings. The van der Waals surface area contributed by atoms with E-state index in [1.165, 1.54) is 18.5 Å². The van der Waals surface area contributed by atoms with Crippen molar-refractivity contribution in [2.24, 2.45) is 0 Å². The lowest BCUT2D eigenvalue weighted by Crippen LogP contribution is -1.90. The first-order valence-corrected chi connectivity index (χ1v) is 8.03. The van der Waals surface area contributed by atoms with Gasteiger partial charge in [0.05, 0.1) is 18.3 Å². The topological polar surface area (TPSA) is 35.0 Å². The highest BCUT2D eigenvalue weighted by atomic mass is 35.5. The van der Waals surface area contributed by atoms with Crippen LogP contribution in [0.1, 0.15) is 24.5 Å². The zero-order chi connectivity index (χ0) is 14.4. The molecule has 105 valence electrons. The van der Waals surface area contributed by atoms with Crippen molar-refractivity contribution >= 4 is 33.8 Å². The van der Waals surface area contributed by atoms with Gasteiger partial charge in [-0.2, -0.15) is 0 Å². The maximum absolute atomic E-state index is 6.34. The first-order chi connectivity index (χ1) is 10.3. The third kappa shape index (κ3) is 2.28. The van der Waals surface area contributed by atoms with E-state index >= 15 is 0 Å². The molecule has 2 aromatic heterocycles. The number of methoxy groups -OCH3 is 1. The molecule has 1 radical (unpaired) electrons. The molecule has 0 unspecified atom stereocenters. The molecule has 0 spiro atoms. The average molecular weight is 316 g/mol. The summed E-state index contributed by atoms with van der Waals surface area (Å²) in [5, 5.41) is 4.45. The van der Waals surface area contributed by atoms with Gasteiger partial charge in [0.2, 0.25) is 0 Å². The molecule has 21 heavy (non-hydrogen) atoms. The molecule has 0 atom stereocenters. The fourth-order valence-electron chi connectivity index (χ4n) is 2.31. The van der Waals surface area contributed by atoms with Gasteiger partial charge in [-0.3, -0.25) is 0 Å². The van der Waals surface area contributed by atoms with Gasteiger partial charge in [0.15, 0.2) is 0 Å². The zero-order valence-electron chi connectivity index (χ0n) is 11.4. The Morgan fingerprint density at radius 2 is 2.19 bits per heavy atom. The van der Waals surface area contributed by atoms with Crippen LogP contribution in [0.5, 0.6) is 5.75 Å². The molecule has 3 aromatic rings. The predicted molar refractivity (Wildman–Crippen MR) is 85.2 cm³/mol. The van der Waals surface area contributed by atoms with Gasteiger partial charge in [0.1, 0.15) is 21.5 Å². The van der Waals surface area contributed by atoms with E-state index in [0.717, 1.165) is 16.1 Å². The van der Waals surface area contributed by atoms with Crippen molar-refractivity contribution in [1.29, 1.82) is 0 Å². The quantitative estimate of drug-likeness (QED) is 0.703. The van der Waals surface area contributed by atoms with Crippen molar-refractivity contribution in [3.8, 4) is 16.5 Å². The number of rotatable bonds is 3. The molecular formula is C16H12ClN2OS. The fourth-order valence-corrected chi connectivity index (χ4v) is 3.45. The van der Waals surface area contributed by atoms with Crippen molar-refractivity contribution in [3.63, 3.8) is 0 Å². The first kappa shape index (κ1) is 13.0. The summed E-state index contributed by atoms with van der Waals surface area (Å²) in [4.78, 5) is 9.33. The highest BCUT2D eigenvalue weighted by molar-refractivity contribution is 7.13. The van der Waals surface area contributed by atoms with Crippen molar-refractivity contribution in [2.75, 3.05) is 7.11 Å². The minimum atomic E-state index is 0.520.